The molecule has 0 bridgehead atoms. The zero-order chi connectivity index (χ0) is 37.7. The highest BCUT2D eigenvalue weighted by molar-refractivity contribution is 6.21. The van der Waals surface area contributed by atoms with E-state index in [0.717, 1.165) is 77.8 Å². The molecular weight excluding hydrogens is 693 g/mol. The Labute approximate surface area is 330 Å². The van der Waals surface area contributed by atoms with Gasteiger partial charge >= 0.3 is 0 Å². The van der Waals surface area contributed by atoms with E-state index in [9.17, 15) is 0 Å². The average molecular weight is 727 g/mol. The van der Waals surface area contributed by atoms with Gasteiger partial charge in [0, 0.05) is 55.0 Å². The predicted octanol–water partition coefficient (Wildman–Crippen LogP) is 13.6. The largest absolute Gasteiger partial charge is 0.309 e. The molecule has 4 nitrogen and oxygen atoms in total. The zero-order valence-corrected chi connectivity index (χ0v) is 30.9. The molecule has 0 aliphatic heterocycles. The molecule has 0 radical (unpaired) electrons. The molecule has 0 saturated carbocycles. The smallest absolute Gasteiger partial charge is 0.160 e. The summed E-state index contributed by atoms with van der Waals surface area (Å²) in [5.74, 6) is 0.678. The first kappa shape index (κ1) is 32.7. The van der Waals surface area contributed by atoms with E-state index >= 15 is 0 Å². The molecule has 0 unspecified atom stereocenters. The molecule has 11 aromatic rings. The number of benzene rings is 8. The molecule has 0 aliphatic rings. The number of para-hydroxylation sites is 3. The number of hydrogen-bond donors (Lipinski definition) is 0. The maximum absolute atomic E-state index is 5.57. The minimum atomic E-state index is 0.678. The highest BCUT2D eigenvalue weighted by Gasteiger charge is 2.19. The van der Waals surface area contributed by atoms with Crippen LogP contribution in [-0.4, -0.2) is 19.5 Å². The summed E-state index contributed by atoms with van der Waals surface area (Å²) in [6.07, 6.45) is 0. The van der Waals surface area contributed by atoms with Crippen LogP contribution in [-0.2, 0) is 0 Å². The molecule has 266 valence electrons. The first-order valence-electron chi connectivity index (χ1n) is 19.3. The fourth-order valence-electron chi connectivity index (χ4n) is 8.31. The minimum Gasteiger partial charge on any atom is -0.309 e. The second kappa shape index (κ2) is 13.6. The fourth-order valence-corrected chi connectivity index (χ4v) is 8.31. The molecule has 0 atom stereocenters. The van der Waals surface area contributed by atoms with E-state index in [1.54, 1.807) is 0 Å². The van der Waals surface area contributed by atoms with Crippen LogP contribution in [0.2, 0.25) is 0 Å². The van der Waals surface area contributed by atoms with Crippen LogP contribution in [0, 0.1) is 0 Å². The van der Waals surface area contributed by atoms with Gasteiger partial charge in [-0.1, -0.05) is 164 Å². The van der Waals surface area contributed by atoms with Crippen LogP contribution in [0.25, 0.3) is 105 Å². The van der Waals surface area contributed by atoms with Crippen molar-refractivity contribution in [2.75, 3.05) is 0 Å². The highest BCUT2D eigenvalue weighted by atomic mass is 15.0. The van der Waals surface area contributed by atoms with Gasteiger partial charge in [0.15, 0.2) is 5.82 Å². The van der Waals surface area contributed by atoms with E-state index in [0.29, 0.717) is 5.82 Å². The lowest BCUT2D eigenvalue weighted by atomic mass is 9.94. The van der Waals surface area contributed by atoms with Gasteiger partial charge in [0.05, 0.1) is 33.6 Å². The van der Waals surface area contributed by atoms with Gasteiger partial charge < -0.3 is 4.57 Å². The summed E-state index contributed by atoms with van der Waals surface area (Å²) in [5.41, 5.74) is 13.4. The Kier molecular flexibility index (Phi) is 7.78. The summed E-state index contributed by atoms with van der Waals surface area (Å²) in [4.78, 5) is 15.9. The number of fused-ring (bicyclic) bond motifs is 6. The zero-order valence-electron chi connectivity index (χ0n) is 30.9. The number of nitrogens with zero attached hydrogens (tertiary/aromatic N) is 4. The van der Waals surface area contributed by atoms with Crippen LogP contribution in [0.3, 0.4) is 0 Å². The van der Waals surface area contributed by atoms with E-state index < -0.39 is 0 Å². The van der Waals surface area contributed by atoms with Crippen LogP contribution in [0.15, 0.2) is 206 Å². The van der Waals surface area contributed by atoms with Gasteiger partial charge in [0.25, 0.3) is 0 Å². The highest BCUT2D eigenvalue weighted by Crippen LogP contribution is 2.42. The van der Waals surface area contributed by atoms with Crippen LogP contribution >= 0.6 is 0 Å². The van der Waals surface area contributed by atoms with Crippen LogP contribution in [0.5, 0.6) is 0 Å². The summed E-state index contributed by atoms with van der Waals surface area (Å²) in [6.45, 7) is 0. The van der Waals surface area contributed by atoms with E-state index in [2.05, 4.69) is 174 Å². The van der Waals surface area contributed by atoms with E-state index in [1.165, 1.54) is 21.8 Å². The molecule has 0 aliphatic carbocycles. The SMILES string of the molecule is c1ccc(-c2cc(-c3ccccc3)nc(-c3cccc(-c4cccc5c4nc(-c4ccccc4)c4cc6c7ccccc7n(-c7ccccc7)c6cc45)c3)n2)cc1. The summed E-state index contributed by atoms with van der Waals surface area (Å²) in [5, 5.41) is 5.82. The van der Waals surface area contributed by atoms with Crippen molar-refractivity contribution >= 4 is 43.5 Å². The van der Waals surface area contributed by atoms with Gasteiger partial charge in [-0.15, -0.1) is 0 Å². The molecule has 3 aromatic heterocycles. The average Bonchev–Trinajstić information content (AvgIpc) is 3.62. The summed E-state index contributed by atoms with van der Waals surface area (Å²) in [6, 6.07) is 72.5. The summed E-state index contributed by atoms with van der Waals surface area (Å²) in [7, 11) is 0. The van der Waals surface area contributed by atoms with Crippen molar-refractivity contribution in [3.05, 3.63) is 206 Å². The molecule has 0 fully saturated rings. The van der Waals surface area contributed by atoms with Crippen molar-refractivity contribution in [3.8, 4) is 62.0 Å². The lowest BCUT2D eigenvalue weighted by Gasteiger charge is -2.15. The number of aromatic nitrogens is 4. The Morgan fingerprint density at radius 3 is 1.58 bits per heavy atom. The molecule has 0 spiro atoms. The lowest BCUT2D eigenvalue weighted by Crippen LogP contribution is -1.96. The van der Waals surface area contributed by atoms with Gasteiger partial charge in [-0.25, -0.2) is 15.0 Å². The monoisotopic (exact) mass is 726 g/mol. The normalized spacial score (nSPS) is 11.5. The van der Waals surface area contributed by atoms with Crippen molar-refractivity contribution in [2.24, 2.45) is 0 Å². The topological polar surface area (TPSA) is 43.6 Å². The summed E-state index contributed by atoms with van der Waals surface area (Å²) >= 11 is 0. The Bertz CT molecular complexity index is 3210. The second-order valence-corrected chi connectivity index (χ2v) is 14.4. The molecule has 0 N–H and O–H groups in total. The van der Waals surface area contributed by atoms with Crippen molar-refractivity contribution < 1.29 is 0 Å². The van der Waals surface area contributed by atoms with E-state index in [1.807, 2.05) is 36.4 Å². The lowest BCUT2D eigenvalue weighted by molar-refractivity contribution is 1.18. The fraction of sp³-hybridized carbons (Fsp3) is 0. The third kappa shape index (κ3) is 5.66. The Morgan fingerprint density at radius 2 is 0.877 bits per heavy atom. The van der Waals surface area contributed by atoms with Gasteiger partial charge in [0.2, 0.25) is 0 Å². The first-order valence-corrected chi connectivity index (χ1v) is 19.3. The quantitative estimate of drug-likeness (QED) is 0.160. The maximum Gasteiger partial charge on any atom is 0.160 e. The van der Waals surface area contributed by atoms with E-state index in [-0.39, 0.29) is 0 Å². The summed E-state index contributed by atoms with van der Waals surface area (Å²) < 4.78 is 2.39. The number of pyridine rings is 1. The van der Waals surface area contributed by atoms with Crippen LogP contribution in [0.4, 0.5) is 0 Å². The minimum absolute atomic E-state index is 0.678. The number of hydrogen-bond acceptors (Lipinski definition) is 3. The van der Waals surface area contributed by atoms with Crippen LogP contribution in [0.1, 0.15) is 0 Å². The van der Waals surface area contributed by atoms with Gasteiger partial charge in [-0.2, -0.15) is 0 Å². The molecule has 11 rings (SSSR count). The van der Waals surface area contributed by atoms with Crippen LogP contribution < -0.4 is 0 Å². The van der Waals surface area contributed by atoms with E-state index in [4.69, 9.17) is 15.0 Å². The predicted molar refractivity (Wildman–Crippen MR) is 236 cm³/mol. The van der Waals surface area contributed by atoms with Crippen molar-refractivity contribution in [1.29, 1.82) is 0 Å². The van der Waals surface area contributed by atoms with Crippen molar-refractivity contribution in [3.63, 3.8) is 0 Å². The third-order valence-corrected chi connectivity index (χ3v) is 11.0. The Hall–Kier alpha value is -7.69. The first-order chi connectivity index (χ1) is 28.3. The molecule has 3 heterocycles. The van der Waals surface area contributed by atoms with Crippen molar-refractivity contribution in [2.45, 2.75) is 0 Å². The standard InChI is InChI=1S/C53H34N4/c1-5-17-35(18-6-1)47-34-48(36-19-7-2-8-20-36)55-53(54-47)39-24-15-23-38(31-39)41-28-16-29-43-44-33-50-45(32-46(44)51(56-52(41)43)37-21-9-3-10-22-37)42-27-13-14-30-49(42)57(50)40-25-11-4-12-26-40/h1-34H. The molecule has 4 heteroatoms. The van der Waals surface area contributed by atoms with Crippen molar-refractivity contribution in [1.82, 2.24) is 19.5 Å². The number of rotatable bonds is 6. The molecule has 0 saturated heterocycles. The van der Waals surface area contributed by atoms with Gasteiger partial charge in [0.1, 0.15) is 0 Å². The van der Waals surface area contributed by atoms with Gasteiger partial charge in [-0.05, 0) is 53.4 Å². The molecule has 0 amide bonds. The molecule has 57 heavy (non-hydrogen) atoms. The molecule has 8 aromatic carbocycles. The Balaban J connectivity index is 1.15. The molecular formula is C53H34N4. The van der Waals surface area contributed by atoms with Gasteiger partial charge in [-0.3, -0.25) is 0 Å². The third-order valence-electron chi connectivity index (χ3n) is 11.0. The Morgan fingerprint density at radius 1 is 0.316 bits per heavy atom. The second-order valence-electron chi connectivity index (χ2n) is 14.4. The maximum atomic E-state index is 5.57.